The number of pyridine rings is 1. The summed E-state index contributed by atoms with van der Waals surface area (Å²) in [5.41, 5.74) is 3.13. The van der Waals surface area contributed by atoms with Crippen LogP contribution < -0.4 is 5.32 Å². The number of nitrogens with zero attached hydrogens (tertiary/aromatic N) is 4. The van der Waals surface area contributed by atoms with Gasteiger partial charge in [-0.2, -0.15) is 10.2 Å². The lowest BCUT2D eigenvalue weighted by Gasteiger charge is -2.20. The molecule has 0 spiro atoms. The number of hydrogen-bond donors (Lipinski definition) is 2. The molecular weight excluding hydrogens is 352 g/mol. The number of aromatic nitrogens is 5. The topological polar surface area (TPSA) is 88.5 Å². The van der Waals surface area contributed by atoms with Crippen molar-refractivity contribution < 1.29 is 4.79 Å². The van der Waals surface area contributed by atoms with Gasteiger partial charge < -0.3 is 5.32 Å². The molecule has 3 heterocycles. The van der Waals surface area contributed by atoms with Crippen molar-refractivity contribution in [3.05, 3.63) is 35.3 Å². The third-order valence-corrected chi connectivity index (χ3v) is 5.60. The summed E-state index contributed by atoms with van der Waals surface area (Å²) in [7, 11) is 0. The lowest BCUT2D eigenvalue weighted by Crippen LogP contribution is -2.15. The van der Waals surface area contributed by atoms with E-state index in [1.165, 1.54) is 32.1 Å². The molecule has 1 saturated carbocycles. The maximum atomic E-state index is 12.8. The molecule has 148 valence electrons. The van der Waals surface area contributed by atoms with E-state index < -0.39 is 0 Å². The van der Waals surface area contributed by atoms with E-state index in [0.717, 1.165) is 29.1 Å². The molecule has 0 saturated heterocycles. The van der Waals surface area contributed by atoms with Gasteiger partial charge in [0.05, 0.1) is 17.5 Å². The molecule has 7 nitrogen and oxygen atoms in total. The smallest absolute Gasteiger partial charge is 0.258 e. The van der Waals surface area contributed by atoms with Crippen LogP contribution in [0.2, 0.25) is 0 Å². The molecule has 0 radical (unpaired) electrons. The molecule has 0 unspecified atom stereocenters. The number of rotatable bonds is 5. The van der Waals surface area contributed by atoms with E-state index in [-0.39, 0.29) is 11.9 Å². The Bertz CT molecular complexity index is 980. The largest absolute Gasteiger partial charge is 0.305 e. The van der Waals surface area contributed by atoms with Crippen molar-refractivity contribution in [3.8, 4) is 0 Å². The van der Waals surface area contributed by atoms with Crippen molar-refractivity contribution in [2.45, 2.75) is 65.3 Å². The van der Waals surface area contributed by atoms with Gasteiger partial charge in [-0.05, 0) is 39.2 Å². The number of carbonyl (C=O) groups is 1. The number of hydrogen-bond acceptors (Lipinski definition) is 4. The van der Waals surface area contributed by atoms with Crippen molar-refractivity contribution in [1.29, 1.82) is 0 Å². The number of anilines is 1. The number of H-pyrrole nitrogens is 1. The summed E-state index contributed by atoms with van der Waals surface area (Å²) in [6.45, 7) is 5.98. The molecule has 3 aromatic rings. The van der Waals surface area contributed by atoms with E-state index in [1.807, 2.05) is 23.7 Å². The highest BCUT2D eigenvalue weighted by molar-refractivity contribution is 6.06. The molecule has 28 heavy (non-hydrogen) atoms. The fraction of sp³-hybridized carbons (Fsp3) is 0.524. The molecule has 0 atom stereocenters. The molecule has 1 amide bonds. The number of aryl methyl sites for hydroxylation is 1. The first-order chi connectivity index (χ1) is 13.5. The van der Waals surface area contributed by atoms with Crippen LogP contribution in [0.5, 0.6) is 0 Å². The highest BCUT2D eigenvalue weighted by Gasteiger charge is 2.18. The van der Waals surface area contributed by atoms with Crippen LogP contribution in [-0.4, -0.2) is 30.9 Å². The first-order valence-electron chi connectivity index (χ1n) is 10.2. The minimum absolute atomic E-state index is 0.195. The molecular formula is C21H28N6O. The number of fused-ring (bicyclic) bond motifs is 1. The zero-order valence-corrected chi connectivity index (χ0v) is 16.8. The Morgan fingerprint density at radius 1 is 1.29 bits per heavy atom. The van der Waals surface area contributed by atoms with E-state index in [4.69, 9.17) is 0 Å². The van der Waals surface area contributed by atoms with Gasteiger partial charge in [0.25, 0.3) is 5.91 Å². The first-order valence-corrected chi connectivity index (χ1v) is 10.2. The van der Waals surface area contributed by atoms with Gasteiger partial charge >= 0.3 is 0 Å². The molecule has 1 aliphatic carbocycles. The normalized spacial score (nSPS) is 15.4. The van der Waals surface area contributed by atoms with E-state index in [9.17, 15) is 4.79 Å². The van der Waals surface area contributed by atoms with E-state index >= 15 is 0 Å². The van der Waals surface area contributed by atoms with E-state index in [2.05, 4.69) is 39.4 Å². The van der Waals surface area contributed by atoms with Gasteiger partial charge in [-0.15, -0.1) is 0 Å². The standard InChI is InChI=1S/C21H28N6O/c1-13(2)27-20-16(12-22-27)10-18(14(3)23-20)21(28)24-19-11-17(25-26-19)9-15-7-5-4-6-8-15/h10-13,15H,4-9H2,1-3H3,(H2,24,25,26,28). The summed E-state index contributed by atoms with van der Waals surface area (Å²) >= 11 is 0. The van der Waals surface area contributed by atoms with Crippen LogP contribution in [0.25, 0.3) is 11.0 Å². The summed E-state index contributed by atoms with van der Waals surface area (Å²) in [4.78, 5) is 17.4. The second-order valence-electron chi connectivity index (χ2n) is 8.16. The maximum Gasteiger partial charge on any atom is 0.258 e. The Balaban J connectivity index is 1.48. The van der Waals surface area contributed by atoms with Crippen LogP contribution in [0, 0.1) is 12.8 Å². The molecule has 1 fully saturated rings. The molecule has 0 aromatic carbocycles. The quantitative estimate of drug-likeness (QED) is 0.686. The minimum atomic E-state index is -0.195. The van der Waals surface area contributed by atoms with Crippen LogP contribution in [-0.2, 0) is 6.42 Å². The first kappa shape index (κ1) is 18.7. The highest BCUT2D eigenvalue weighted by atomic mass is 16.1. The maximum absolute atomic E-state index is 12.8. The van der Waals surface area contributed by atoms with Gasteiger partial charge in [0, 0.05) is 23.2 Å². The molecule has 0 bridgehead atoms. The Labute approximate surface area is 164 Å². The number of carbonyl (C=O) groups excluding carboxylic acids is 1. The van der Waals surface area contributed by atoms with Gasteiger partial charge in [0.15, 0.2) is 11.5 Å². The third kappa shape index (κ3) is 3.79. The second-order valence-corrected chi connectivity index (χ2v) is 8.16. The summed E-state index contributed by atoms with van der Waals surface area (Å²) in [6, 6.07) is 4.02. The van der Waals surface area contributed by atoms with Crippen LogP contribution in [0.1, 0.15) is 73.7 Å². The minimum Gasteiger partial charge on any atom is -0.305 e. The van der Waals surface area contributed by atoms with E-state index in [1.54, 1.807) is 6.20 Å². The monoisotopic (exact) mass is 380 g/mol. The van der Waals surface area contributed by atoms with Crippen molar-refractivity contribution in [3.63, 3.8) is 0 Å². The average molecular weight is 380 g/mol. The predicted octanol–water partition coefficient (Wildman–Crippen LogP) is 4.42. The zero-order chi connectivity index (χ0) is 19.7. The van der Waals surface area contributed by atoms with Gasteiger partial charge in [-0.1, -0.05) is 32.1 Å². The summed E-state index contributed by atoms with van der Waals surface area (Å²) in [6.07, 6.45) is 9.34. The van der Waals surface area contributed by atoms with E-state index in [0.29, 0.717) is 17.1 Å². The Hall–Kier alpha value is -2.70. The molecule has 7 heteroatoms. The number of aromatic amines is 1. The summed E-state index contributed by atoms with van der Waals surface area (Å²) < 4.78 is 1.87. The Morgan fingerprint density at radius 3 is 2.82 bits per heavy atom. The predicted molar refractivity (Wildman–Crippen MR) is 109 cm³/mol. The highest BCUT2D eigenvalue weighted by Crippen LogP contribution is 2.27. The van der Waals surface area contributed by atoms with Crippen LogP contribution in [0.4, 0.5) is 5.82 Å². The average Bonchev–Trinajstić information content (AvgIpc) is 3.28. The van der Waals surface area contributed by atoms with Crippen molar-refractivity contribution >= 4 is 22.8 Å². The van der Waals surface area contributed by atoms with Gasteiger partial charge in [0.2, 0.25) is 0 Å². The van der Waals surface area contributed by atoms with Crippen LogP contribution in [0.15, 0.2) is 18.3 Å². The number of amides is 1. The second kappa shape index (κ2) is 7.73. The van der Waals surface area contributed by atoms with Crippen molar-refractivity contribution in [1.82, 2.24) is 25.0 Å². The molecule has 0 aliphatic heterocycles. The Morgan fingerprint density at radius 2 is 2.07 bits per heavy atom. The van der Waals surface area contributed by atoms with Crippen LogP contribution >= 0.6 is 0 Å². The van der Waals surface area contributed by atoms with Gasteiger partial charge in [-0.25, -0.2) is 9.67 Å². The molecule has 1 aliphatic rings. The fourth-order valence-electron chi connectivity index (χ4n) is 4.09. The number of nitrogens with one attached hydrogen (secondary N) is 2. The zero-order valence-electron chi connectivity index (χ0n) is 16.8. The summed E-state index contributed by atoms with van der Waals surface area (Å²) in [5.74, 6) is 1.09. The van der Waals surface area contributed by atoms with Crippen LogP contribution in [0.3, 0.4) is 0 Å². The van der Waals surface area contributed by atoms with Gasteiger partial charge in [0.1, 0.15) is 0 Å². The Kier molecular flexibility index (Phi) is 5.15. The van der Waals surface area contributed by atoms with Crippen molar-refractivity contribution in [2.75, 3.05) is 5.32 Å². The fourth-order valence-corrected chi connectivity index (χ4v) is 4.09. The van der Waals surface area contributed by atoms with Gasteiger partial charge in [-0.3, -0.25) is 9.89 Å². The SMILES string of the molecule is Cc1nc2c(cnn2C(C)C)cc1C(=O)Nc1cc(CC2CCCCC2)[nH]n1. The molecule has 4 rings (SSSR count). The molecule has 2 N–H and O–H groups in total. The lowest BCUT2D eigenvalue weighted by molar-refractivity contribution is 0.102. The third-order valence-electron chi connectivity index (χ3n) is 5.60. The molecule has 3 aromatic heterocycles. The lowest BCUT2D eigenvalue weighted by atomic mass is 9.86. The van der Waals surface area contributed by atoms with Crippen molar-refractivity contribution in [2.24, 2.45) is 5.92 Å². The summed E-state index contributed by atoms with van der Waals surface area (Å²) in [5, 5.41) is 15.5.